The number of amides is 1. The molecule has 1 fully saturated rings. The van der Waals surface area contributed by atoms with Crippen LogP contribution in [0.15, 0.2) is 0 Å². The van der Waals surface area contributed by atoms with Crippen LogP contribution in [-0.4, -0.2) is 26.7 Å². The van der Waals surface area contributed by atoms with E-state index in [1.165, 1.54) is 6.92 Å². The fourth-order valence-corrected chi connectivity index (χ4v) is 2.35. The molecule has 0 aromatic rings. The summed E-state index contributed by atoms with van der Waals surface area (Å²) < 4.78 is 0.0761. The largest absolute Gasteiger partial charge is 0.329 e. The van der Waals surface area contributed by atoms with Gasteiger partial charge in [0, 0.05) is 35.6 Å². The van der Waals surface area contributed by atoms with Gasteiger partial charge in [-0.25, -0.2) is 0 Å². The lowest BCUT2D eigenvalue weighted by Crippen LogP contribution is -2.41. The van der Waals surface area contributed by atoms with E-state index >= 15 is 0 Å². The topological polar surface area (TPSA) is 37.4 Å². The third kappa shape index (κ3) is 1.78. The normalized spacial score (nSPS) is 29.1. The molecule has 0 unspecified atom stereocenters. The SMILES string of the molecule is CC(=O)N1[C@@H](C)CC[C@H]1C(=O)I. The monoisotopic (exact) mass is 281 g/mol. The van der Waals surface area contributed by atoms with E-state index in [4.69, 9.17) is 0 Å². The molecule has 0 bridgehead atoms. The van der Waals surface area contributed by atoms with Crippen LogP contribution in [0.2, 0.25) is 0 Å². The summed E-state index contributed by atoms with van der Waals surface area (Å²) in [5.41, 5.74) is 0. The summed E-state index contributed by atoms with van der Waals surface area (Å²) in [6.07, 6.45) is 1.77. The summed E-state index contributed by atoms with van der Waals surface area (Å²) in [7, 11) is 0. The van der Waals surface area contributed by atoms with Crippen LogP contribution in [0, 0.1) is 0 Å². The lowest BCUT2D eigenvalue weighted by atomic mass is 10.2. The van der Waals surface area contributed by atoms with Crippen LogP contribution in [0.3, 0.4) is 0 Å². The molecule has 4 heteroatoms. The molecule has 0 aliphatic carbocycles. The molecular formula is C8H12INO2. The molecule has 0 aromatic carbocycles. The summed E-state index contributed by atoms with van der Waals surface area (Å²) >= 11 is 1.77. The zero-order valence-electron chi connectivity index (χ0n) is 7.21. The van der Waals surface area contributed by atoms with Crippen molar-refractivity contribution in [2.24, 2.45) is 0 Å². The molecule has 3 nitrogen and oxygen atoms in total. The number of hydrogen-bond donors (Lipinski definition) is 0. The highest BCUT2D eigenvalue weighted by atomic mass is 127. The van der Waals surface area contributed by atoms with Crippen LogP contribution < -0.4 is 0 Å². The minimum absolute atomic E-state index is 0.00927. The van der Waals surface area contributed by atoms with Crippen LogP contribution >= 0.6 is 22.6 Å². The number of rotatable bonds is 1. The van der Waals surface area contributed by atoms with Gasteiger partial charge in [0.15, 0.2) is 0 Å². The first-order valence-corrected chi connectivity index (χ1v) is 5.10. The lowest BCUT2D eigenvalue weighted by molar-refractivity contribution is -0.134. The van der Waals surface area contributed by atoms with Crippen molar-refractivity contribution in [1.29, 1.82) is 0 Å². The Bertz CT molecular complexity index is 217. The van der Waals surface area contributed by atoms with Crippen molar-refractivity contribution in [2.75, 3.05) is 0 Å². The number of carbonyl (C=O) groups excluding carboxylic acids is 2. The number of likely N-dealkylation sites (tertiary alicyclic amines) is 1. The Morgan fingerprint density at radius 2 is 2.00 bits per heavy atom. The van der Waals surface area contributed by atoms with Crippen molar-refractivity contribution in [3.8, 4) is 0 Å². The van der Waals surface area contributed by atoms with Crippen molar-refractivity contribution < 1.29 is 9.59 Å². The zero-order chi connectivity index (χ0) is 9.30. The van der Waals surface area contributed by atoms with Gasteiger partial charge < -0.3 is 4.90 Å². The maximum absolute atomic E-state index is 11.1. The molecular weight excluding hydrogens is 269 g/mol. The molecule has 2 atom stereocenters. The van der Waals surface area contributed by atoms with Gasteiger partial charge in [-0.2, -0.15) is 0 Å². The van der Waals surface area contributed by atoms with Gasteiger partial charge >= 0.3 is 0 Å². The van der Waals surface area contributed by atoms with Crippen LogP contribution in [0.1, 0.15) is 26.7 Å². The Morgan fingerprint density at radius 1 is 1.42 bits per heavy atom. The molecule has 1 rings (SSSR count). The van der Waals surface area contributed by atoms with E-state index < -0.39 is 0 Å². The van der Waals surface area contributed by atoms with Crippen molar-refractivity contribution >= 4 is 32.3 Å². The molecule has 0 saturated carbocycles. The Kier molecular flexibility index (Phi) is 3.09. The molecule has 0 radical (unpaired) electrons. The summed E-state index contributed by atoms with van der Waals surface area (Å²) in [4.78, 5) is 23.9. The standard InChI is InChI=1S/C8H12INO2/c1-5-3-4-7(8(9)12)10(5)6(2)11/h5,7H,3-4H2,1-2H3/t5-,7-/m0/s1. The van der Waals surface area contributed by atoms with Gasteiger partial charge in [0.25, 0.3) is 0 Å². The molecule has 1 aliphatic heterocycles. The minimum Gasteiger partial charge on any atom is -0.329 e. The van der Waals surface area contributed by atoms with E-state index in [2.05, 4.69) is 0 Å². The van der Waals surface area contributed by atoms with Gasteiger partial charge in [-0.15, -0.1) is 0 Å². The van der Waals surface area contributed by atoms with E-state index in [-0.39, 0.29) is 21.8 Å². The van der Waals surface area contributed by atoms with Gasteiger partial charge in [0.1, 0.15) is 6.04 Å². The van der Waals surface area contributed by atoms with E-state index in [1.807, 2.05) is 6.92 Å². The number of halogens is 1. The van der Waals surface area contributed by atoms with Crippen LogP contribution in [0.4, 0.5) is 0 Å². The summed E-state index contributed by atoms with van der Waals surface area (Å²) in [5, 5.41) is 0. The first-order chi connectivity index (χ1) is 5.54. The third-order valence-electron chi connectivity index (χ3n) is 2.29. The molecule has 68 valence electrons. The Labute approximate surface area is 85.6 Å². The molecule has 1 saturated heterocycles. The number of hydrogen-bond acceptors (Lipinski definition) is 2. The quantitative estimate of drug-likeness (QED) is 0.537. The minimum atomic E-state index is -0.168. The fraction of sp³-hybridized carbons (Fsp3) is 0.750. The van der Waals surface area contributed by atoms with Crippen LogP contribution in [0.5, 0.6) is 0 Å². The van der Waals surface area contributed by atoms with Crippen molar-refractivity contribution in [3.05, 3.63) is 0 Å². The second kappa shape index (κ2) is 3.72. The molecule has 1 heterocycles. The highest BCUT2D eigenvalue weighted by Gasteiger charge is 2.35. The second-order valence-corrected chi connectivity index (χ2v) is 4.24. The smallest absolute Gasteiger partial charge is 0.220 e. The molecule has 1 aliphatic rings. The van der Waals surface area contributed by atoms with Gasteiger partial charge in [-0.05, 0) is 19.8 Å². The summed E-state index contributed by atoms with van der Waals surface area (Å²) in [5.74, 6) is 0.00927. The van der Waals surface area contributed by atoms with Gasteiger partial charge in [0.05, 0.1) is 0 Å². The van der Waals surface area contributed by atoms with Gasteiger partial charge in [-0.1, -0.05) is 0 Å². The fourth-order valence-electron chi connectivity index (χ4n) is 1.74. The predicted molar refractivity (Wildman–Crippen MR) is 54.0 cm³/mol. The third-order valence-corrected chi connectivity index (χ3v) is 3.01. The first kappa shape index (κ1) is 9.95. The average Bonchev–Trinajstić information content (AvgIpc) is 2.30. The molecule has 1 amide bonds. The van der Waals surface area contributed by atoms with E-state index in [0.717, 1.165) is 12.8 Å². The second-order valence-electron chi connectivity index (χ2n) is 3.17. The maximum atomic E-state index is 11.1. The first-order valence-electron chi connectivity index (χ1n) is 4.02. The van der Waals surface area contributed by atoms with Crippen molar-refractivity contribution in [3.63, 3.8) is 0 Å². The number of nitrogens with zero attached hydrogens (tertiary/aromatic N) is 1. The predicted octanol–water partition coefficient (Wildman–Crippen LogP) is 1.35. The molecule has 12 heavy (non-hydrogen) atoms. The Hall–Kier alpha value is -0.130. The zero-order valence-corrected chi connectivity index (χ0v) is 9.37. The summed E-state index contributed by atoms with van der Waals surface area (Å²) in [6.45, 7) is 3.51. The van der Waals surface area contributed by atoms with E-state index in [9.17, 15) is 9.59 Å². The van der Waals surface area contributed by atoms with Crippen LogP contribution in [0.25, 0.3) is 0 Å². The van der Waals surface area contributed by atoms with Crippen molar-refractivity contribution in [1.82, 2.24) is 4.90 Å². The molecule has 0 spiro atoms. The van der Waals surface area contributed by atoms with Gasteiger partial charge in [-0.3, -0.25) is 9.59 Å². The molecule has 0 aromatic heterocycles. The van der Waals surface area contributed by atoms with Gasteiger partial charge in [0.2, 0.25) is 9.70 Å². The highest BCUT2D eigenvalue weighted by molar-refractivity contribution is 14.1. The van der Waals surface area contributed by atoms with Crippen LogP contribution in [-0.2, 0) is 9.59 Å². The number of carbonyl (C=O) groups is 2. The van der Waals surface area contributed by atoms with Crippen molar-refractivity contribution in [2.45, 2.75) is 38.8 Å². The maximum Gasteiger partial charge on any atom is 0.220 e. The lowest BCUT2D eigenvalue weighted by Gasteiger charge is -2.24. The van der Waals surface area contributed by atoms with E-state index in [0.29, 0.717) is 0 Å². The molecule has 0 N–H and O–H groups in total. The average molecular weight is 281 g/mol. The summed E-state index contributed by atoms with van der Waals surface area (Å²) in [6, 6.07) is 0.0596. The van der Waals surface area contributed by atoms with E-state index in [1.54, 1.807) is 27.5 Å². The highest BCUT2D eigenvalue weighted by Crippen LogP contribution is 2.25. The Balaban J connectivity index is 2.77. The Morgan fingerprint density at radius 3 is 2.33 bits per heavy atom.